The van der Waals surface area contributed by atoms with Crippen LogP contribution in [-0.2, 0) is 0 Å². The van der Waals surface area contributed by atoms with Gasteiger partial charge in [-0.3, -0.25) is 0 Å². The molecule has 1 aromatic rings. The van der Waals surface area contributed by atoms with Gasteiger partial charge >= 0.3 is 0 Å². The number of rotatable bonds is 11. The molecule has 1 aromatic heterocycles. The van der Waals surface area contributed by atoms with E-state index in [9.17, 15) is 0 Å². The quantitative estimate of drug-likeness (QED) is 0.369. The Labute approximate surface area is 123 Å². The molecular formula is C10H18N2S5. The van der Waals surface area contributed by atoms with Crippen molar-refractivity contribution < 1.29 is 0 Å². The first-order valence-electron chi connectivity index (χ1n) is 5.82. The highest BCUT2D eigenvalue weighted by molar-refractivity contribution is 9.26. The number of unbranched alkanes of at least 4 members (excludes halogenated alkanes) is 5. The molecule has 7 heteroatoms. The van der Waals surface area contributed by atoms with Crippen molar-refractivity contribution in [2.45, 2.75) is 49.8 Å². The van der Waals surface area contributed by atoms with Gasteiger partial charge in [-0.1, -0.05) is 61.2 Å². The van der Waals surface area contributed by atoms with Crippen molar-refractivity contribution >= 4 is 52.6 Å². The maximum atomic E-state index is 3.98. The van der Waals surface area contributed by atoms with E-state index < -0.39 is 0 Å². The van der Waals surface area contributed by atoms with Crippen LogP contribution in [0, 0.1) is 0 Å². The molecule has 0 aliphatic heterocycles. The fourth-order valence-corrected chi connectivity index (χ4v) is 8.09. The minimum absolute atomic E-state index is 1.04. The molecule has 0 aliphatic rings. The molecule has 0 atom stereocenters. The standard InChI is InChI=1S/C10H18N2S5/c1-2-3-4-5-6-7-8-14-16-17-15-10-12-11-9-13-10/h9H,2-8H2,1H3. The minimum Gasteiger partial charge on any atom is -0.146 e. The van der Waals surface area contributed by atoms with Crippen LogP contribution >= 0.6 is 52.6 Å². The molecule has 0 spiro atoms. The third-order valence-electron chi connectivity index (χ3n) is 2.10. The average Bonchev–Trinajstić information content (AvgIpc) is 2.85. The van der Waals surface area contributed by atoms with E-state index in [-0.39, 0.29) is 0 Å². The Morgan fingerprint density at radius 1 is 1.12 bits per heavy atom. The first-order valence-corrected chi connectivity index (χ1v) is 11.7. The zero-order chi connectivity index (χ0) is 12.2. The van der Waals surface area contributed by atoms with Crippen LogP contribution in [0.1, 0.15) is 45.4 Å². The molecule has 0 N–H and O–H groups in total. The van der Waals surface area contributed by atoms with Crippen LogP contribution in [0.3, 0.4) is 0 Å². The molecule has 0 fully saturated rings. The van der Waals surface area contributed by atoms with Crippen LogP contribution in [-0.4, -0.2) is 16.0 Å². The van der Waals surface area contributed by atoms with Crippen molar-refractivity contribution in [2.75, 3.05) is 5.75 Å². The van der Waals surface area contributed by atoms with Crippen molar-refractivity contribution in [1.29, 1.82) is 0 Å². The van der Waals surface area contributed by atoms with Crippen molar-refractivity contribution in [3.8, 4) is 0 Å². The Morgan fingerprint density at radius 3 is 2.71 bits per heavy atom. The van der Waals surface area contributed by atoms with E-state index in [0.29, 0.717) is 0 Å². The van der Waals surface area contributed by atoms with Gasteiger partial charge in [0, 0.05) is 5.75 Å². The van der Waals surface area contributed by atoms with Crippen molar-refractivity contribution in [3.05, 3.63) is 5.51 Å². The molecule has 0 amide bonds. The predicted molar refractivity (Wildman–Crippen MR) is 86.8 cm³/mol. The molecule has 0 saturated carbocycles. The number of aromatic nitrogens is 2. The van der Waals surface area contributed by atoms with Gasteiger partial charge < -0.3 is 0 Å². The molecule has 17 heavy (non-hydrogen) atoms. The van der Waals surface area contributed by atoms with Crippen molar-refractivity contribution in [2.24, 2.45) is 0 Å². The Morgan fingerprint density at radius 2 is 1.94 bits per heavy atom. The lowest BCUT2D eigenvalue weighted by Crippen LogP contribution is -1.80. The summed E-state index contributed by atoms with van der Waals surface area (Å²) in [7, 11) is 7.30. The highest BCUT2D eigenvalue weighted by Gasteiger charge is 1.99. The van der Waals surface area contributed by atoms with E-state index >= 15 is 0 Å². The molecule has 1 rings (SSSR count). The van der Waals surface area contributed by atoms with Crippen LogP contribution in [0.25, 0.3) is 0 Å². The number of hydrogen-bond donors (Lipinski definition) is 0. The minimum atomic E-state index is 1.04. The van der Waals surface area contributed by atoms with Gasteiger partial charge in [-0.2, -0.15) is 0 Å². The monoisotopic (exact) mass is 326 g/mol. The summed E-state index contributed by atoms with van der Waals surface area (Å²) in [6, 6.07) is 0. The van der Waals surface area contributed by atoms with Crippen LogP contribution in [0.2, 0.25) is 0 Å². The summed E-state index contributed by atoms with van der Waals surface area (Å²) in [5.74, 6) is 1.26. The van der Waals surface area contributed by atoms with Crippen LogP contribution in [0.15, 0.2) is 9.85 Å². The van der Waals surface area contributed by atoms with Gasteiger partial charge in [-0.05, 0) is 36.9 Å². The molecule has 0 aliphatic carbocycles. The predicted octanol–water partition coefficient (Wildman–Crippen LogP) is 5.94. The summed E-state index contributed by atoms with van der Waals surface area (Å²) in [5, 5.41) is 7.78. The molecule has 2 nitrogen and oxygen atoms in total. The summed E-state index contributed by atoms with van der Waals surface area (Å²) in [6.45, 7) is 2.26. The SMILES string of the molecule is CCCCCCCCSSSSc1nncs1. The summed E-state index contributed by atoms with van der Waals surface area (Å²) >= 11 is 1.60. The smallest absolute Gasteiger partial charge is 0.146 e. The van der Waals surface area contributed by atoms with Crippen LogP contribution < -0.4 is 0 Å². The Kier molecular flexibility index (Phi) is 11.3. The maximum absolute atomic E-state index is 3.98. The molecule has 0 aromatic carbocycles. The van der Waals surface area contributed by atoms with Gasteiger partial charge in [0.2, 0.25) is 0 Å². The maximum Gasteiger partial charge on any atom is 0.185 e. The third-order valence-corrected chi connectivity index (χ3v) is 9.45. The lowest BCUT2D eigenvalue weighted by atomic mass is 10.1. The van der Waals surface area contributed by atoms with Gasteiger partial charge in [0.25, 0.3) is 0 Å². The van der Waals surface area contributed by atoms with E-state index in [2.05, 4.69) is 17.1 Å². The van der Waals surface area contributed by atoms with E-state index in [1.54, 1.807) is 37.5 Å². The summed E-state index contributed by atoms with van der Waals surface area (Å²) in [5.41, 5.74) is 1.77. The van der Waals surface area contributed by atoms with E-state index in [0.717, 1.165) is 4.34 Å². The molecule has 0 unspecified atom stereocenters. The van der Waals surface area contributed by atoms with Crippen LogP contribution in [0.4, 0.5) is 0 Å². The molecular weight excluding hydrogens is 308 g/mol. The molecule has 0 bridgehead atoms. The fourth-order valence-electron chi connectivity index (χ4n) is 1.24. The average molecular weight is 327 g/mol. The second kappa shape index (κ2) is 12.0. The number of nitrogens with zero attached hydrogens (tertiary/aromatic N) is 2. The summed E-state index contributed by atoms with van der Waals surface area (Å²) in [4.78, 5) is 0. The lowest BCUT2D eigenvalue weighted by Gasteiger charge is -2.00. The second-order valence-corrected chi connectivity index (χ2v) is 10.5. The zero-order valence-corrected chi connectivity index (χ0v) is 14.0. The Hall–Kier alpha value is 0.960. The van der Waals surface area contributed by atoms with Crippen molar-refractivity contribution in [1.82, 2.24) is 10.2 Å². The highest BCUT2D eigenvalue weighted by atomic mass is 33.7. The van der Waals surface area contributed by atoms with Crippen molar-refractivity contribution in [3.63, 3.8) is 0 Å². The first kappa shape index (κ1) is 16.0. The first-order chi connectivity index (χ1) is 8.43. The van der Waals surface area contributed by atoms with E-state index in [4.69, 9.17) is 0 Å². The fraction of sp³-hybridized carbons (Fsp3) is 0.800. The van der Waals surface area contributed by atoms with E-state index in [1.807, 2.05) is 20.6 Å². The zero-order valence-electron chi connectivity index (χ0n) is 9.96. The second-order valence-electron chi connectivity index (χ2n) is 3.51. The Bertz CT molecular complexity index is 255. The van der Waals surface area contributed by atoms with Gasteiger partial charge in [0.1, 0.15) is 5.51 Å². The largest absolute Gasteiger partial charge is 0.185 e. The molecule has 98 valence electrons. The summed E-state index contributed by atoms with van der Waals surface area (Å²) in [6.07, 6.45) is 8.30. The molecule has 0 radical (unpaired) electrons. The lowest BCUT2D eigenvalue weighted by molar-refractivity contribution is 0.627. The van der Waals surface area contributed by atoms with Gasteiger partial charge in [-0.25, -0.2) is 0 Å². The van der Waals surface area contributed by atoms with E-state index in [1.165, 1.54) is 44.3 Å². The molecule has 0 saturated heterocycles. The van der Waals surface area contributed by atoms with Crippen LogP contribution in [0.5, 0.6) is 0 Å². The topological polar surface area (TPSA) is 25.8 Å². The van der Waals surface area contributed by atoms with Gasteiger partial charge in [-0.15, -0.1) is 10.2 Å². The third kappa shape index (κ3) is 9.53. The summed E-state index contributed by atoms with van der Waals surface area (Å²) < 4.78 is 1.04. The Balaban J connectivity index is 1.76. The van der Waals surface area contributed by atoms with Gasteiger partial charge in [0.05, 0.1) is 0 Å². The normalized spacial score (nSPS) is 10.9. The highest BCUT2D eigenvalue weighted by Crippen LogP contribution is 2.46. The van der Waals surface area contributed by atoms with Gasteiger partial charge in [0.15, 0.2) is 4.34 Å². The number of hydrogen-bond acceptors (Lipinski definition) is 7. The molecule has 1 heterocycles.